The van der Waals surface area contributed by atoms with E-state index in [2.05, 4.69) is 80.5 Å². The van der Waals surface area contributed by atoms with Crippen LogP contribution in [0.4, 0.5) is 4.39 Å². The second-order valence-corrected chi connectivity index (χ2v) is 16.1. The first-order valence-corrected chi connectivity index (χ1v) is 16.2. The van der Waals surface area contributed by atoms with Crippen LogP contribution in [0.2, 0.25) is 10.1 Å². The van der Waals surface area contributed by atoms with E-state index in [0.29, 0.717) is 28.8 Å². The number of nitrogens with zero attached hydrogens (tertiary/aromatic N) is 2. The van der Waals surface area contributed by atoms with Gasteiger partial charge in [-0.3, -0.25) is 4.68 Å². The monoisotopic (exact) mass is 590 g/mol. The Labute approximate surface area is 246 Å². The quantitative estimate of drug-likeness (QED) is 0.136. The van der Waals surface area contributed by atoms with Crippen molar-refractivity contribution < 1.29 is 8.82 Å². The maximum Gasteiger partial charge on any atom is 0.319 e. The number of aromatic nitrogens is 2. The van der Waals surface area contributed by atoms with Crippen molar-refractivity contribution in [1.82, 2.24) is 9.78 Å². The zero-order valence-corrected chi connectivity index (χ0v) is 25.7. The predicted octanol–water partition coefficient (Wildman–Crippen LogP) is 7.83. The van der Waals surface area contributed by atoms with E-state index in [9.17, 15) is 0 Å². The van der Waals surface area contributed by atoms with E-state index in [-0.39, 0.29) is 10.1 Å². The van der Waals surface area contributed by atoms with Gasteiger partial charge in [0, 0.05) is 23.5 Å². The fraction of sp³-hybridized carbons (Fsp3) is 0.242. The largest absolute Gasteiger partial charge is 0.534 e. The second kappa shape index (κ2) is 11.4. The molecule has 0 radical (unpaired) electrons. The van der Waals surface area contributed by atoms with Gasteiger partial charge in [0.15, 0.2) is 0 Å². The lowest BCUT2D eigenvalue weighted by Crippen LogP contribution is -2.68. The van der Waals surface area contributed by atoms with Crippen LogP contribution in [0.3, 0.4) is 0 Å². The van der Waals surface area contributed by atoms with Gasteiger partial charge in [0.05, 0.1) is 16.6 Å². The molecule has 0 spiro atoms. The summed E-state index contributed by atoms with van der Waals surface area (Å²) in [5.74, 6) is 0.603. The normalized spacial score (nSPS) is 12.2. The average Bonchev–Trinajstić information content (AvgIpc) is 3.32. The number of benzene rings is 4. The first-order chi connectivity index (χ1) is 19.1. The van der Waals surface area contributed by atoms with Crippen LogP contribution in [-0.2, 0) is 25.8 Å². The van der Waals surface area contributed by atoms with E-state index in [1.165, 1.54) is 0 Å². The Morgan fingerprint density at radius 3 is 2.02 bits per heavy atom. The molecule has 0 aliphatic carbocycles. The van der Waals surface area contributed by atoms with Crippen molar-refractivity contribution in [3.05, 3.63) is 119 Å². The number of fused-ring (bicyclic) bond motifs is 1. The minimum atomic E-state index is -2.94. The van der Waals surface area contributed by atoms with E-state index in [0.717, 1.165) is 33.7 Å². The molecule has 40 heavy (non-hydrogen) atoms. The van der Waals surface area contributed by atoms with Crippen LogP contribution in [0, 0.1) is 5.82 Å². The molecule has 0 aliphatic heterocycles. The Bertz CT molecular complexity index is 1590. The Morgan fingerprint density at radius 2 is 1.48 bits per heavy atom. The van der Waals surface area contributed by atoms with Gasteiger partial charge in [-0.1, -0.05) is 93.0 Å². The van der Waals surface area contributed by atoms with Gasteiger partial charge in [0.2, 0.25) is 0 Å². The van der Waals surface area contributed by atoms with Gasteiger partial charge in [-0.05, 0) is 64.1 Å². The van der Waals surface area contributed by atoms with Crippen LogP contribution < -0.4 is 14.8 Å². The molecule has 206 valence electrons. The predicted molar refractivity (Wildman–Crippen MR) is 167 cm³/mol. The number of aryl methyl sites for hydroxylation is 3. The zero-order chi connectivity index (χ0) is 28.5. The van der Waals surface area contributed by atoms with Gasteiger partial charge in [-0.15, -0.1) is 11.6 Å². The number of hydrogen-bond acceptors (Lipinski definition) is 2. The van der Waals surface area contributed by atoms with Crippen molar-refractivity contribution in [2.75, 3.05) is 0 Å². The highest BCUT2D eigenvalue weighted by molar-refractivity contribution is 7.00. The fourth-order valence-electron chi connectivity index (χ4n) is 5.58. The fourth-order valence-corrected chi connectivity index (χ4v) is 10.3. The Morgan fingerprint density at radius 1 is 0.850 bits per heavy atom. The number of halogens is 3. The summed E-state index contributed by atoms with van der Waals surface area (Å²) in [5, 5.41) is 7.81. The first-order valence-electron chi connectivity index (χ1n) is 13.4. The van der Waals surface area contributed by atoms with E-state index in [4.69, 9.17) is 27.6 Å². The minimum absolute atomic E-state index is 0.0967. The highest BCUT2D eigenvalue weighted by Gasteiger charge is 2.52. The molecule has 0 atom stereocenters. The molecule has 0 bridgehead atoms. The summed E-state index contributed by atoms with van der Waals surface area (Å²) in [7, 11) is -1.02. The molecule has 0 N–H and O–H groups in total. The van der Waals surface area contributed by atoms with Crippen molar-refractivity contribution in [3.63, 3.8) is 0 Å². The lowest BCUT2D eigenvalue weighted by Gasteiger charge is -2.43. The Kier molecular flexibility index (Phi) is 8.09. The summed E-state index contributed by atoms with van der Waals surface area (Å²) in [6, 6.07) is 30.4. The average molecular weight is 592 g/mol. The van der Waals surface area contributed by atoms with Gasteiger partial charge in [-0.2, -0.15) is 5.10 Å². The molecule has 3 nitrogen and oxygen atoms in total. The summed E-state index contributed by atoms with van der Waals surface area (Å²) < 4.78 is 24.8. The minimum Gasteiger partial charge on any atom is -0.534 e. The van der Waals surface area contributed by atoms with Gasteiger partial charge in [0.1, 0.15) is 11.6 Å². The molecule has 0 aliphatic rings. The summed E-state index contributed by atoms with van der Waals surface area (Å²) in [5.41, 5.74) is 2.87. The Balaban J connectivity index is 1.69. The highest BCUT2D eigenvalue weighted by Crippen LogP contribution is 2.41. The number of rotatable bonds is 8. The molecule has 4 aromatic carbocycles. The molecule has 0 unspecified atom stereocenters. The van der Waals surface area contributed by atoms with E-state index < -0.39 is 14.1 Å². The smallest absolute Gasteiger partial charge is 0.319 e. The molecule has 0 saturated heterocycles. The summed E-state index contributed by atoms with van der Waals surface area (Å²) in [6.07, 6.45) is 1.41. The third-order valence-electron chi connectivity index (χ3n) is 7.56. The molecular weight excluding hydrogens is 558 g/mol. The maximum absolute atomic E-state index is 15.5. The van der Waals surface area contributed by atoms with Gasteiger partial charge < -0.3 is 4.43 Å². The Hall–Kier alpha value is -3.12. The van der Waals surface area contributed by atoms with Crippen molar-refractivity contribution in [3.8, 4) is 5.75 Å². The molecule has 0 fully saturated rings. The van der Waals surface area contributed by atoms with E-state index in [1.807, 2.05) is 42.1 Å². The zero-order valence-electron chi connectivity index (χ0n) is 23.2. The van der Waals surface area contributed by atoms with Crippen molar-refractivity contribution in [1.29, 1.82) is 0 Å². The number of alkyl halides is 1. The van der Waals surface area contributed by atoms with Crippen LogP contribution in [0.15, 0.2) is 91.0 Å². The topological polar surface area (TPSA) is 27.1 Å². The lowest BCUT2D eigenvalue weighted by molar-refractivity contribution is 0.512. The molecular formula is C33H33Cl2FN2OSi. The summed E-state index contributed by atoms with van der Waals surface area (Å²) >= 11 is 12.3. The summed E-state index contributed by atoms with van der Waals surface area (Å²) in [4.78, 5) is 0. The molecule has 1 aromatic heterocycles. The second-order valence-electron chi connectivity index (χ2n) is 11.2. The van der Waals surface area contributed by atoms with Crippen LogP contribution in [0.25, 0.3) is 10.8 Å². The maximum atomic E-state index is 15.5. The standard InChI is InChI=1S/C33H33Cl2FN2OSi/c1-33(2,3)40(26-11-7-5-8-12-26,27-13-9-6-10-14-27)39-31-20-23(15-16-25-21-24(22-34)37-38(25)4)19-29-28(31)17-18-30(35)32(29)36/h5-14,17-21H,15-16,22H2,1-4H3. The first kappa shape index (κ1) is 28.4. The van der Waals surface area contributed by atoms with Crippen molar-refractivity contribution in [2.45, 2.75) is 44.5 Å². The highest BCUT2D eigenvalue weighted by atomic mass is 35.5. The van der Waals surface area contributed by atoms with Gasteiger partial charge in [-0.25, -0.2) is 4.39 Å². The molecule has 1 heterocycles. The molecule has 5 aromatic rings. The number of hydrogen-bond donors (Lipinski definition) is 0. The van der Waals surface area contributed by atoms with Crippen LogP contribution in [0.5, 0.6) is 5.75 Å². The van der Waals surface area contributed by atoms with Crippen molar-refractivity contribution >= 4 is 52.7 Å². The molecule has 0 saturated carbocycles. The molecule has 7 heteroatoms. The summed E-state index contributed by atoms with van der Waals surface area (Å²) in [6.45, 7) is 6.71. The SMILES string of the molecule is Cn1nc(CCl)cc1CCc1cc(O[Si](c2ccccc2)(c2ccccc2)C(C)(C)C)c2ccc(Cl)c(F)c2c1. The van der Waals surface area contributed by atoms with Crippen LogP contribution >= 0.6 is 23.2 Å². The van der Waals surface area contributed by atoms with E-state index >= 15 is 4.39 Å². The lowest BCUT2D eigenvalue weighted by atomic mass is 10.0. The third kappa shape index (κ3) is 5.30. The van der Waals surface area contributed by atoms with Crippen LogP contribution in [0.1, 0.15) is 37.7 Å². The van der Waals surface area contributed by atoms with Gasteiger partial charge in [0.25, 0.3) is 0 Å². The molecule has 5 rings (SSSR count). The third-order valence-corrected chi connectivity index (χ3v) is 13.1. The molecule has 0 amide bonds. The van der Waals surface area contributed by atoms with Crippen LogP contribution in [-0.4, -0.2) is 18.1 Å². The van der Waals surface area contributed by atoms with E-state index in [1.54, 1.807) is 6.07 Å². The van der Waals surface area contributed by atoms with Crippen molar-refractivity contribution in [2.24, 2.45) is 7.05 Å². The van der Waals surface area contributed by atoms with Gasteiger partial charge >= 0.3 is 8.32 Å².